The number of hydrogen-bond donors (Lipinski definition) is 5. The van der Waals surface area contributed by atoms with Crippen molar-refractivity contribution >= 4 is 66.9 Å². The minimum absolute atomic E-state index is 0.122. The molecule has 94 heavy (non-hydrogen) atoms. The molecule has 15 rings (SSSR count). The summed E-state index contributed by atoms with van der Waals surface area (Å²) in [6, 6.07) is 36.7. The maximum atomic E-state index is 13.8. The molecule has 23 heteroatoms. The van der Waals surface area contributed by atoms with E-state index in [0.29, 0.717) is 80.0 Å². The maximum Gasteiger partial charge on any atom is 0.262 e. The van der Waals surface area contributed by atoms with Crippen LogP contribution in [0.2, 0.25) is 0 Å². The Morgan fingerprint density at radius 3 is 1.43 bits per heavy atom. The third-order valence-corrected chi connectivity index (χ3v) is 15.3. The highest BCUT2D eigenvalue weighted by molar-refractivity contribution is 6.10. The first-order valence-electron chi connectivity index (χ1n) is 29.6. The van der Waals surface area contributed by atoms with E-state index in [2.05, 4.69) is 65.5 Å². The average molecular weight is 1250 g/mol. The number of nitrogens with one attached hydrogen (secondary N) is 4. The average Bonchev–Trinajstić information content (AvgIpc) is 0.897. The van der Waals surface area contributed by atoms with E-state index in [1.165, 1.54) is 67.5 Å². The Morgan fingerprint density at radius 2 is 0.936 bits per heavy atom. The lowest BCUT2D eigenvalue weighted by atomic mass is 9.99. The number of aromatic amines is 2. The molecule has 2 aliphatic rings. The van der Waals surface area contributed by atoms with Crippen molar-refractivity contribution in [3.05, 3.63) is 279 Å². The fraction of sp³-hybridized carbons (Fsp3) is 0.113. The number of benzene rings is 3. The maximum absolute atomic E-state index is 13.8. The first kappa shape index (κ1) is 62.0. The second kappa shape index (κ2) is 27.5. The van der Waals surface area contributed by atoms with Crippen LogP contribution in [0.4, 0.5) is 24.8 Å². The van der Waals surface area contributed by atoms with Crippen molar-refractivity contribution < 1.29 is 22.8 Å². The number of anilines is 2. The summed E-state index contributed by atoms with van der Waals surface area (Å²) >= 11 is 0. The minimum atomic E-state index is -0.352. The van der Waals surface area contributed by atoms with Crippen molar-refractivity contribution in [1.82, 2.24) is 64.8 Å². The predicted octanol–water partition coefficient (Wildman–Crippen LogP) is 12.5. The van der Waals surface area contributed by atoms with Gasteiger partial charge in [-0.3, -0.25) is 39.1 Å². The van der Waals surface area contributed by atoms with Crippen LogP contribution in [0.25, 0.3) is 77.5 Å². The molecule has 0 spiro atoms. The van der Waals surface area contributed by atoms with Gasteiger partial charge in [0.25, 0.3) is 5.56 Å². The number of carbonyl (C=O) groups excluding carboxylic acids is 2. The molecule has 2 aliphatic carbocycles. The van der Waals surface area contributed by atoms with Gasteiger partial charge in [0.2, 0.25) is 0 Å². The van der Waals surface area contributed by atoms with Crippen molar-refractivity contribution in [1.29, 1.82) is 0 Å². The molecule has 0 fully saturated rings. The first-order chi connectivity index (χ1) is 45.6. The van der Waals surface area contributed by atoms with Crippen molar-refractivity contribution in [2.24, 2.45) is 5.73 Å². The number of fused-ring (bicyclic) bond motifs is 6. The van der Waals surface area contributed by atoms with Gasteiger partial charge < -0.3 is 26.3 Å². The van der Waals surface area contributed by atoms with E-state index in [9.17, 15) is 32.3 Å². The molecule has 0 saturated heterocycles. The molecule has 10 aromatic heterocycles. The van der Waals surface area contributed by atoms with Crippen LogP contribution in [0.15, 0.2) is 211 Å². The molecule has 3 aromatic carbocycles. The summed E-state index contributed by atoms with van der Waals surface area (Å²) in [5.41, 5.74) is 16.8. The fourth-order valence-electron chi connectivity index (χ4n) is 10.9. The quantitative estimate of drug-likeness (QED) is 0.0850. The number of halogens is 3. The monoisotopic (exact) mass is 1250 g/mol. The second-order valence-electron chi connectivity index (χ2n) is 21.8. The third-order valence-electron chi connectivity index (χ3n) is 15.3. The standard InChI is InChI=1S/C24H18FN5O.C23H17FN6O.C16H14FN3.C8H6N2O2/c1-14(29-24-22-20(27-13-28-24)6-4-7-21(22)31)23-17(19-5-2-3-10-26-19)12-15-11-16(25)8-9-18(15)30-23;1-13(29-23-20-19(31)7-9-26-22(20)27-12-28-23)21-16(18-4-2-3-8-25-18)11-14-10-15(24)5-6-17(14)30-21;1-10(18)16-13(15-4-2-3-7-19-15)9-11-8-12(17)5-6-14(11)20-16;11-6-3-1-2-5-7(6)8(12)10-4-9-5/h2-5,7-14H,6H2,1H3,(H,27,28,29);2-13H,1H3,(H2,26,27,28,29,31);2-10H,18H2,1H3;1,3-4H,2H2,(H,9,10,12)/t14-;13-;10-;/m000./s1. The number of ketones is 2. The minimum Gasteiger partial charge on any atom is -0.361 e. The third kappa shape index (κ3) is 13.6. The lowest BCUT2D eigenvalue weighted by Gasteiger charge is -2.21. The van der Waals surface area contributed by atoms with Crippen LogP contribution in [0.1, 0.15) is 88.1 Å². The Hall–Kier alpha value is -12.2. The number of nitrogens with two attached hydrogens (primary N) is 1. The number of H-pyrrole nitrogens is 2. The fourth-order valence-corrected chi connectivity index (χ4v) is 10.9. The molecule has 0 amide bonds. The highest BCUT2D eigenvalue weighted by Crippen LogP contribution is 2.35. The van der Waals surface area contributed by atoms with Gasteiger partial charge in [-0.15, -0.1) is 0 Å². The van der Waals surface area contributed by atoms with Crippen LogP contribution in [-0.2, 0) is 12.8 Å². The zero-order chi connectivity index (χ0) is 65.4. The summed E-state index contributed by atoms with van der Waals surface area (Å²) in [5.74, 6) is -0.424. The smallest absolute Gasteiger partial charge is 0.262 e. The molecule has 0 unspecified atom stereocenters. The summed E-state index contributed by atoms with van der Waals surface area (Å²) in [5, 5.41) is 9.12. The van der Waals surface area contributed by atoms with E-state index >= 15 is 0 Å². The van der Waals surface area contributed by atoms with Crippen LogP contribution in [-0.4, -0.2) is 76.4 Å². The number of nitrogens with zero attached hydrogens (tertiary/aromatic N) is 11. The van der Waals surface area contributed by atoms with Gasteiger partial charge in [0, 0.05) is 82.6 Å². The Kier molecular flexibility index (Phi) is 18.1. The Morgan fingerprint density at radius 1 is 0.479 bits per heavy atom. The van der Waals surface area contributed by atoms with Crippen molar-refractivity contribution in [3.8, 4) is 33.8 Å². The summed E-state index contributed by atoms with van der Waals surface area (Å²) in [7, 11) is 0. The van der Waals surface area contributed by atoms with Crippen LogP contribution >= 0.6 is 0 Å². The molecule has 464 valence electrons. The number of aromatic nitrogens is 13. The molecule has 6 N–H and O–H groups in total. The summed E-state index contributed by atoms with van der Waals surface area (Å²) in [6.07, 6.45) is 18.4. The summed E-state index contributed by atoms with van der Waals surface area (Å²) in [6.45, 7) is 5.75. The molecule has 13 aromatic rings. The van der Waals surface area contributed by atoms with E-state index in [4.69, 9.17) is 15.7 Å². The van der Waals surface area contributed by atoms with E-state index in [0.717, 1.165) is 56.1 Å². The lowest BCUT2D eigenvalue weighted by molar-refractivity contribution is 0.103. The van der Waals surface area contributed by atoms with Crippen LogP contribution in [0, 0.1) is 17.5 Å². The normalized spacial score (nSPS) is 13.1. The molecule has 0 bridgehead atoms. The molecule has 0 radical (unpaired) electrons. The van der Waals surface area contributed by atoms with Crippen molar-refractivity contribution in [3.63, 3.8) is 0 Å². The van der Waals surface area contributed by atoms with Crippen LogP contribution < -0.4 is 27.4 Å². The van der Waals surface area contributed by atoms with Gasteiger partial charge in [-0.1, -0.05) is 30.4 Å². The van der Waals surface area contributed by atoms with E-state index in [1.807, 2.05) is 93.6 Å². The topological polar surface area (TPSA) is 292 Å². The van der Waals surface area contributed by atoms with E-state index in [-0.39, 0.29) is 63.7 Å². The largest absolute Gasteiger partial charge is 0.361 e. The molecule has 20 nitrogen and oxygen atoms in total. The number of rotatable bonds is 10. The van der Waals surface area contributed by atoms with Crippen LogP contribution in [0.5, 0.6) is 0 Å². The van der Waals surface area contributed by atoms with Gasteiger partial charge in [-0.05, 0) is 142 Å². The summed E-state index contributed by atoms with van der Waals surface area (Å²) < 4.78 is 41.0. The Bertz CT molecular complexity index is 5210. The highest BCUT2D eigenvalue weighted by atomic mass is 19.1. The predicted molar refractivity (Wildman–Crippen MR) is 353 cm³/mol. The lowest BCUT2D eigenvalue weighted by Crippen LogP contribution is -2.22. The SMILES string of the molecule is C[C@H](N)c1nc2ccc(F)cc2cc1-c1ccccn1.C[C@H](Nc1ncnc2[nH]ccc(=O)c12)c1nc2ccc(F)cc2cc1-c1ccccn1.C[C@H](Nc1ncnc2c1C(=O)C=CC2)c1nc2ccc(F)cc2cc1-c1ccccn1.O=C1C=CCc2nc[nH]c(=O)c21. The van der Waals surface area contributed by atoms with Gasteiger partial charge in [-0.25, -0.2) is 48.1 Å². The van der Waals surface area contributed by atoms with E-state index < -0.39 is 0 Å². The molecule has 3 atom stereocenters. The van der Waals surface area contributed by atoms with Gasteiger partial charge in [0.1, 0.15) is 58.3 Å². The van der Waals surface area contributed by atoms with Crippen molar-refractivity contribution in [2.75, 3.05) is 10.6 Å². The number of allylic oxidation sites excluding steroid dienone is 4. The van der Waals surface area contributed by atoms with Gasteiger partial charge in [0.15, 0.2) is 17.0 Å². The number of pyridine rings is 7. The van der Waals surface area contributed by atoms with Gasteiger partial charge in [0.05, 0.1) is 86.1 Å². The Balaban J connectivity index is 0.000000127. The molecule has 0 aliphatic heterocycles. The molecule has 0 saturated carbocycles. The molecular weight excluding hydrogens is 1200 g/mol. The molecular formula is C71H55F3N16O4. The van der Waals surface area contributed by atoms with Crippen molar-refractivity contribution in [2.45, 2.75) is 51.7 Å². The van der Waals surface area contributed by atoms with Gasteiger partial charge in [-0.2, -0.15) is 0 Å². The van der Waals surface area contributed by atoms with Crippen LogP contribution in [0.3, 0.4) is 0 Å². The highest BCUT2D eigenvalue weighted by Gasteiger charge is 2.25. The van der Waals surface area contributed by atoms with E-state index in [1.54, 1.807) is 61.2 Å². The number of hydrogen-bond acceptors (Lipinski definition) is 18. The first-order valence-corrected chi connectivity index (χ1v) is 29.6. The Labute approximate surface area is 533 Å². The van der Waals surface area contributed by atoms with Gasteiger partial charge >= 0.3 is 0 Å². The zero-order valence-electron chi connectivity index (χ0n) is 50.5. The molecule has 10 heterocycles. The number of carbonyl (C=O) groups is 2. The summed E-state index contributed by atoms with van der Waals surface area (Å²) in [4.78, 5) is 101. The second-order valence-corrected chi connectivity index (χ2v) is 21.8. The zero-order valence-corrected chi connectivity index (χ0v) is 50.5.